The van der Waals surface area contributed by atoms with Crippen molar-refractivity contribution in [3.63, 3.8) is 0 Å². The number of fused-ring (bicyclic) bond motifs is 1. The highest BCUT2D eigenvalue weighted by molar-refractivity contribution is 14.1. The molecule has 0 fully saturated rings. The Labute approximate surface area is 136 Å². The van der Waals surface area contributed by atoms with E-state index in [-0.39, 0.29) is 5.91 Å². The number of amides is 1. The first kappa shape index (κ1) is 15.8. The van der Waals surface area contributed by atoms with Crippen molar-refractivity contribution in [1.82, 2.24) is 4.90 Å². The van der Waals surface area contributed by atoms with Crippen LogP contribution < -0.4 is 0 Å². The van der Waals surface area contributed by atoms with Gasteiger partial charge in [-0.25, -0.2) is 0 Å². The van der Waals surface area contributed by atoms with Crippen LogP contribution in [-0.2, 0) is 6.42 Å². The molecular weight excluding hydrogens is 361 g/mol. The zero-order valence-corrected chi connectivity index (χ0v) is 14.5. The maximum atomic E-state index is 12.5. The molecule has 0 spiro atoms. The largest absolute Gasteiger partial charge is 0.338 e. The third-order valence-electron chi connectivity index (χ3n) is 4.02. The molecular formula is C17H24INO. The van der Waals surface area contributed by atoms with Crippen molar-refractivity contribution in [2.45, 2.75) is 51.9 Å². The van der Waals surface area contributed by atoms with Gasteiger partial charge < -0.3 is 4.90 Å². The zero-order chi connectivity index (χ0) is 14.4. The second kappa shape index (κ2) is 8.01. The van der Waals surface area contributed by atoms with Gasteiger partial charge in [-0.05, 0) is 53.1 Å². The number of carbonyl (C=O) groups is 1. The Morgan fingerprint density at radius 3 is 2.70 bits per heavy atom. The Bertz CT molecular complexity index is 458. The van der Waals surface area contributed by atoms with Gasteiger partial charge in [0.25, 0.3) is 5.91 Å². The first-order valence-electron chi connectivity index (χ1n) is 7.80. The van der Waals surface area contributed by atoms with E-state index in [1.807, 2.05) is 11.0 Å². The molecule has 0 radical (unpaired) electrons. The molecule has 20 heavy (non-hydrogen) atoms. The fraction of sp³-hybridized carbons (Fsp3) is 0.588. The first-order valence-corrected chi connectivity index (χ1v) is 8.88. The summed E-state index contributed by atoms with van der Waals surface area (Å²) in [5.74, 6) is 0.235. The van der Waals surface area contributed by atoms with Crippen molar-refractivity contribution < 1.29 is 4.79 Å². The Hall–Kier alpha value is -0.580. The molecule has 0 bridgehead atoms. The fourth-order valence-electron chi connectivity index (χ4n) is 2.79. The van der Waals surface area contributed by atoms with Crippen molar-refractivity contribution in [1.29, 1.82) is 0 Å². The van der Waals surface area contributed by atoms with E-state index >= 15 is 0 Å². The second-order valence-electron chi connectivity index (χ2n) is 5.61. The highest BCUT2D eigenvalue weighted by Gasteiger charge is 2.23. The number of carbonyl (C=O) groups excluding carboxylic acids is 1. The molecule has 0 saturated heterocycles. The van der Waals surface area contributed by atoms with E-state index in [0.29, 0.717) is 0 Å². The number of nitrogens with zero attached hydrogens (tertiary/aromatic N) is 1. The number of unbranched alkanes of at least 4 members (excludes halogenated alkanes) is 5. The maximum absolute atomic E-state index is 12.5. The van der Waals surface area contributed by atoms with Crippen LogP contribution in [0, 0.1) is 3.57 Å². The Balaban J connectivity index is 1.82. The molecule has 1 aliphatic rings. The molecule has 1 heterocycles. The minimum atomic E-state index is 0.235. The summed E-state index contributed by atoms with van der Waals surface area (Å²) in [6.07, 6.45) is 8.69. The summed E-state index contributed by atoms with van der Waals surface area (Å²) in [6.45, 7) is 4.06. The van der Waals surface area contributed by atoms with Crippen molar-refractivity contribution in [3.05, 3.63) is 32.9 Å². The van der Waals surface area contributed by atoms with Gasteiger partial charge in [0.05, 0.1) is 0 Å². The van der Waals surface area contributed by atoms with Gasteiger partial charge in [-0.2, -0.15) is 0 Å². The van der Waals surface area contributed by atoms with Crippen LogP contribution in [0.15, 0.2) is 18.2 Å². The molecule has 1 amide bonds. The van der Waals surface area contributed by atoms with Gasteiger partial charge in [0.15, 0.2) is 0 Å². The first-order chi connectivity index (χ1) is 9.72. The quantitative estimate of drug-likeness (QED) is 0.494. The molecule has 0 unspecified atom stereocenters. The zero-order valence-electron chi connectivity index (χ0n) is 12.3. The van der Waals surface area contributed by atoms with Crippen molar-refractivity contribution >= 4 is 28.5 Å². The standard InChI is InChI=1S/C17H24INO/c1-2-3-4-5-6-7-11-19-12-10-14-8-9-15(18)13-16(14)17(19)20/h8-9,13H,2-7,10-12H2,1H3. The smallest absolute Gasteiger partial charge is 0.254 e. The number of hydrogen-bond acceptors (Lipinski definition) is 1. The molecule has 1 aliphatic heterocycles. The SMILES string of the molecule is CCCCCCCCN1CCc2ccc(I)cc2C1=O. The topological polar surface area (TPSA) is 20.3 Å². The van der Waals surface area contributed by atoms with Crippen LogP contribution in [0.3, 0.4) is 0 Å². The summed E-state index contributed by atoms with van der Waals surface area (Å²) in [5.41, 5.74) is 2.14. The third-order valence-corrected chi connectivity index (χ3v) is 4.69. The second-order valence-corrected chi connectivity index (χ2v) is 6.86. The van der Waals surface area contributed by atoms with Crippen LogP contribution in [0.2, 0.25) is 0 Å². The van der Waals surface area contributed by atoms with E-state index < -0.39 is 0 Å². The highest BCUT2D eigenvalue weighted by atomic mass is 127. The summed E-state index contributed by atoms with van der Waals surface area (Å²) in [5, 5.41) is 0. The maximum Gasteiger partial charge on any atom is 0.254 e. The van der Waals surface area contributed by atoms with E-state index in [1.165, 1.54) is 37.7 Å². The summed E-state index contributed by atoms with van der Waals surface area (Å²) in [6, 6.07) is 6.23. The van der Waals surface area contributed by atoms with E-state index in [9.17, 15) is 4.79 Å². The average molecular weight is 385 g/mol. The van der Waals surface area contributed by atoms with Crippen LogP contribution in [-0.4, -0.2) is 23.9 Å². The van der Waals surface area contributed by atoms with Gasteiger partial charge in [-0.1, -0.05) is 45.1 Å². The van der Waals surface area contributed by atoms with Crippen LogP contribution >= 0.6 is 22.6 Å². The number of benzene rings is 1. The third kappa shape index (κ3) is 4.21. The van der Waals surface area contributed by atoms with Crippen LogP contribution in [0.4, 0.5) is 0 Å². The van der Waals surface area contributed by atoms with Gasteiger partial charge in [0.1, 0.15) is 0 Å². The van der Waals surface area contributed by atoms with Crippen LogP contribution in [0.25, 0.3) is 0 Å². The van der Waals surface area contributed by atoms with Crippen LogP contribution in [0.1, 0.15) is 61.4 Å². The molecule has 2 nitrogen and oxygen atoms in total. The Morgan fingerprint density at radius 2 is 1.90 bits per heavy atom. The number of rotatable bonds is 7. The fourth-order valence-corrected chi connectivity index (χ4v) is 3.28. The molecule has 1 aromatic rings. The Kier molecular flexibility index (Phi) is 6.33. The lowest BCUT2D eigenvalue weighted by Crippen LogP contribution is -2.38. The molecule has 0 aromatic heterocycles. The molecule has 0 N–H and O–H groups in total. The van der Waals surface area contributed by atoms with E-state index in [1.54, 1.807) is 0 Å². The minimum Gasteiger partial charge on any atom is -0.338 e. The van der Waals surface area contributed by atoms with E-state index in [0.717, 1.165) is 35.1 Å². The van der Waals surface area contributed by atoms with Gasteiger partial charge >= 0.3 is 0 Å². The van der Waals surface area contributed by atoms with Gasteiger partial charge in [-0.15, -0.1) is 0 Å². The number of hydrogen-bond donors (Lipinski definition) is 0. The van der Waals surface area contributed by atoms with E-state index in [4.69, 9.17) is 0 Å². The molecule has 1 aromatic carbocycles. The van der Waals surface area contributed by atoms with Crippen molar-refractivity contribution in [3.8, 4) is 0 Å². The normalized spacial score (nSPS) is 14.5. The lowest BCUT2D eigenvalue weighted by Gasteiger charge is -2.28. The molecule has 0 atom stereocenters. The van der Waals surface area contributed by atoms with Gasteiger partial charge in [0, 0.05) is 22.2 Å². The van der Waals surface area contributed by atoms with Gasteiger partial charge in [-0.3, -0.25) is 4.79 Å². The monoisotopic (exact) mass is 385 g/mol. The Morgan fingerprint density at radius 1 is 1.15 bits per heavy atom. The molecule has 2 rings (SSSR count). The summed E-state index contributed by atoms with van der Waals surface area (Å²) in [4.78, 5) is 14.5. The van der Waals surface area contributed by atoms with Crippen molar-refractivity contribution in [2.75, 3.05) is 13.1 Å². The summed E-state index contributed by atoms with van der Waals surface area (Å²) >= 11 is 2.28. The lowest BCUT2D eigenvalue weighted by atomic mass is 9.99. The summed E-state index contributed by atoms with van der Waals surface area (Å²) in [7, 11) is 0. The minimum absolute atomic E-state index is 0.235. The van der Waals surface area contributed by atoms with Crippen LogP contribution in [0.5, 0.6) is 0 Å². The average Bonchev–Trinajstić information content (AvgIpc) is 2.45. The summed E-state index contributed by atoms with van der Waals surface area (Å²) < 4.78 is 1.15. The molecule has 3 heteroatoms. The molecule has 0 aliphatic carbocycles. The molecule has 110 valence electrons. The number of halogens is 1. The predicted octanol–water partition coefficient (Wildman–Crippen LogP) is 4.65. The predicted molar refractivity (Wildman–Crippen MR) is 92.1 cm³/mol. The lowest BCUT2D eigenvalue weighted by molar-refractivity contribution is 0.0736. The van der Waals surface area contributed by atoms with Crippen molar-refractivity contribution in [2.24, 2.45) is 0 Å². The highest BCUT2D eigenvalue weighted by Crippen LogP contribution is 2.21. The molecule has 0 saturated carbocycles. The van der Waals surface area contributed by atoms with Gasteiger partial charge in [0.2, 0.25) is 0 Å². The van der Waals surface area contributed by atoms with E-state index in [2.05, 4.69) is 41.6 Å².